The van der Waals surface area contributed by atoms with E-state index in [9.17, 15) is 23.8 Å². The van der Waals surface area contributed by atoms with Gasteiger partial charge in [0.1, 0.15) is 17.4 Å². The summed E-state index contributed by atoms with van der Waals surface area (Å²) in [5.41, 5.74) is 3.04. The Bertz CT molecular complexity index is 1090. The van der Waals surface area contributed by atoms with E-state index in [2.05, 4.69) is 23.6 Å². The lowest BCUT2D eigenvalue weighted by Gasteiger charge is -2.25. The lowest BCUT2D eigenvalue weighted by Crippen LogP contribution is -2.49. The third-order valence-corrected chi connectivity index (χ3v) is 5.61. The first-order valence-corrected chi connectivity index (χ1v) is 11.3. The van der Waals surface area contributed by atoms with Crippen molar-refractivity contribution in [3.05, 3.63) is 101 Å². The highest BCUT2D eigenvalue weighted by Gasteiger charge is 2.23. The molecule has 1 amide bonds. The molecule has 0 spiro atoms. The highest BCUT2D eigenvalue weighted by atomic mass is 19.1. The highest BCUT2D eigenvalue weighted by Crippen LogP contribution is 2.17. The molecule has 0 heterocycles. The SMILES string of the molecule is CCc1cccc(CNC[C@@H](O)[C@H](Cc2cc(F)cc(F)c2)NC(=O)Cc2ccccc2O)c1. The molecule has 2 atom stereocenters. The number of aliphatic hydroxyl groups excluding tert-OH is 1. The molecule has 7 heteroatoms. The van der Waals surface area contributed by atoms with Gasteiger partial charge in [-0.15, -0.1) is 0 Å². The van der Waals surface area contributed by atoms with Crippen LogP contribution in [0.25, 0.3) is 0 Å². The van der Waals surface area contributed by atoms with Gasteiger partial charge in [0, 0.05) is 24.7 Å². The van der Waals surface area contributed by atoms with E-state index in [4.69, 9.17) is 0 Å². The molecule has 0 radical (unpaired) electrons. The normalized spacial score (nSPS) is 12.8. The average Bonchev–Trinajstić information content (AvgIpc) is 2.79. The van der Waals surface area contributed by atoms with Gasteiger partial charge in [0.15, 0.2) is 0 Å². The van der Waals surface area contributed by atoms with Crippen LogP contribution in [0, 0.1) is 11.6 Å². The van der Waals surface area contributed by atoms with Crippen LogP contribution >= 0.6 is 0 Å². The number of phenols is 1. The van der Waals surface area contributed by atoms with Crippen LogP contribution in [-0.2, 0) is 30.6 Å². The van der Waals surface area contributed by atoms with E-state index in [0.717, 1.165) is 18.1 Å². The molecule has 3 aromatic carbocycles. The molecule has 34 heavy (non-hydrogen) atoms. The lowest BCUT2D eigenvalue weighted by molar-refractivity contribution is -0.122. The van der Waals surface area contributed by atoms with Gasteiger partial charge in [-0.05, 0) is 47.7 Å². The van der Waals surface area contributed by atoms with Gasteiger partial charge in [-0.2, -0.15) is 0 Å². The second kappa shape index (κ2) is 12.3. The number of carbonyl (C=O) groups is 1. The minimum absolute atomic E-state index is 0.00192. The van der Waals surface area contributed by atoms with Crippen LogP contribution in [0.4, 0.5) is 8.78 Å². The summed E-state index contributed by atoms with van der Waals surface area (Å²) in [6.45, 7) is 2.77. The summed E-state index contributed by atoms with van der Waals surface area (Å²) in [7, 11) is 0. The van der Waals surface area contributed by atoms with Crippen LogP contribution in [0.15, 0.2) is 66.7 Å². The molecule has 0 fully saturated rings. The van der Waals surface area contributed by atoms with Crippen molar-refractivity contribution >= 4 is 5.91 Å². The molecule has 3 aromatic rings. The standard InChI is InChI=1S/C27H30F2N2O3/c1-2-18-6-5-7-19(10-18)16-30-17-26(33)24(13-20-11-22(28)15-23(29)12-20)31-27(34)14-21-8-3-4-9-25(21)32/h3-12,15,24,26,30,32-33H,2,13-14,16-17H2,1H3,(H,31,34)/t24-,26+/m0/s1. The average molecular weight is 469 g/mol. The van der Waals surface area contributed by atoms with Crippen LogP contribution in [0.2, 0.25) is 0 Å². The predicted molar refractivity (Wildman–Crippen MR) is 127 cm³/mol. The zero-order valence-electron chi connectivity index (χ0n) is 19.1. The number of hydrogen-bond acceptors (Lipinski definition) is 4. The summed E-state index contributed by atoms with van der Waals surface area (Å²) >= 11 is 0. The zero-order valence-corrected chi connectivity index (χ0v) is 19.1. The monoisotopic (exact) mass is 468 g/mol. The second-order valence-corrected chi connectivity index (χ2v) is 8.33. The van der Waals surface area contributed by atoms with Gasteiger partial charge in [0.2, 0.25) is 5.91 Å². The van der Waals surface area contributed by atoms with Gasteiger partial charge in [0.25, 0.3) is 0 Å². The molecule has 3 rings (SSSR count). The number of nitrogens with one attached hydrogen (secondary N) is 2. The van der Waals surface area contributed by atoms with Crippen molar-refractivity contribution in [3.63, 3.8) is 0 Å². The van der Waals surface area contributed by atoms with E-state index < -0.39 is 29.7 Å². The van der Waals surface area contributed by atoms with Crippen molar-refractivity contribution in [1.29, 1.82) is 0 Å². The number of hydrogen-bond donors (Lipinski definition) is 4. The first-order valence-electron chi connectivity index (χ1n) is 11.3. The number of halogens is 2. The maximum Gasteiger partial charge on any atom is 0.224 e. The van der Waals surface area contributed by atoms with Gasteiger partial charge >= 0.3 is 0 Å². The molecule has 0 aliphatic heterocycles. The Morgan fingerprint density at radius 1 is 0.941 bits per heavy atom. The molecular weight excluding hydrogens is 438 g/mol. The maximum atomic E-state index is 13.7. The Morgan fingerprint density at radius 3 is 2.35 bits per heavy atom. The quantitative estimate of drug-likeness (QED) is 0.346. The van der Waals surface area contributed by atoms with Crippen molar-refractivity contribution in [2.75, 3.05) is 6.54 Å². The molecule has 5 nitrogen and oxygen atoms in total. The summed E-state index contributed by atoms with van der Waals surface area (Å²) in [5.74, 6) is -1.87. The topological polar surface area (TPSA) is 81.6 Å². The van der Waals surface area contributed by atoms with E-state index in [-0.39, 0.29) is 25.1 Å². The Morgan fingerprint density at radius 2 is 1.65 bits per heavy atom. The van der Waals surface area contributed by atoms with E-state index in [1.807, 2.05) is 18.2 Å². The number of para-hydroxylation sites is 1. The first kappa shape index (κ1) is 25.3. The van der Waals surface area contributed by atoms with E-state index in [1.165, 1.54) is 23.8 Å². The van der Waals surface area contributed by atoms with Crippen LogP contribution in [0.1, 0.15) is 29.2 Å². The number of benzene rings is 3. The van der Waals surface area contributed by atoms with Gasteiger partial charge in [-0.3, -0.25) is 4.79 Å². The Hall–Kier alpha value is -3.29. The van der Waals surface area contributed by atoms with Gasteiger partial charge in [-0.1, -0.05) is 49.4 Å². The van der Waals surface area contributed by atoms with E-state index in [0.29, 0.717) is 17.7 Å². The number of amides is 1. The van der Waals surface area contributed by atoms with Gasteiger partial charge in [0.05, 0.1) is 18.6 Å². The number of aliphatic hydroxyl groups is 1. The zero-order chi connectivity index (χ0) is 24.5. The summed E-state index contributed by atoms with van der Waals surface area (Å²) in [6.07, 6.45) is -0.153. The highest BCUT2D eigenvalue weighted by molar-refractivity contribution is 5.79. The van der Waals surface area contributed by atoms with Crippen LogP contribution in [0.5, 0.6) is 5.75 Å². The Balaban J connectivity index is 1.67. The number of phenolic OH excluding ortho intramolecular Hbond substituents is 1. The Labute approximate surface area is 198 Å². The smallest absolute Gasteiger partial charge is 0.224 e. The number of rotatable bonds is 11. The lowest BCUT2D eigenvalue weighted by atomic mass is 10.00. The molecule has 180 valence electrons. The van der Waals surface area contributed by atoms with Crippen molar-refractivity contribution in [1.82, 2.24) is 10.6 Å². The second-order valence-electron chi connectivity index (χ2n) is 8.33. The summed E-state index contributed by atoms with van der Waals surface area (Å²) in [6, 6.07) is 16.9. The summed E-state index contributed by atoms with van der Waals surface area (Å²) < 4.78 is 27.4. The molecular formula is C27H30F2N2O3. The minimum atomic E-state index is -1.02. The first-order chi connectivity index (χ1) is 16.3. The molecule has 0 bridgehead atoms. The summed E-state index contributed by atoms with van der Waals surface area (Å²) in [5, 5.41) is 26.7. The van der Waals surface area contributed by atoms with Gasteiger partial charge < -0.3 is 20.8 Å². The fourth-order valence-corrected chi connectivity index (χ4v) is 3.82. The predicted octanol–water partition coefficient (Wildman–Crippen LogP) is 3.65. The van der Waals surface area contributed by atoms with Crippen LogP contribution in [-0.4, -0.2) is 34.8 Å². The van der Waals surface area contributed by atoms with Crippen LogP contribution < -0.4 is 10.6 Å². The molecule has 0 aromatic heterocycles. The number of aryl methyl sites for hydroxylation is 1. The molecule has 0 aliphatic carbocycles. The molecule has 4 N–H and O–H groups in total. The maximum absolute atomic E-state index is 13.7. The van der Waals surface area contributed by atoms with Crippen molar-refractivity contribution < 1.29 is 23.8 Å². The van der Waals surface area contributed by atoms with Crippen molar-refractivity contribution in [2.45, 2.75) is 44.9 Å². The third kappa shape index (κ3) is 7.64. The Kier molecular flexibility index (Phi) is 9.13. The van der Waals surface area contributed by atoms with E-state index in [1.54, 1.807) is 18.2 Å². The van der Waals surface area contributed by atoms with Gasteiger partial charge in [-0.25, -0.2) is 8.78 Å². The summed E-state index contributed by atoms with van der Waals surface area (Å²) in [4.78, 5) is 12.7. The molecule has 0 aliphatic rings. The minimum Gasteiger partial charge on any atom is -0.508 e. The number of aromatic hydroxyl groups is 1. The molecule has 0 unspecified atom stereocenters. The van der Waals surface area contributed by atoms with E-state index >= 15 is 0 Å². The molecule has 0 saturated carbocycles. The van der Waals surface area contributed by atoms with Crippen molar-refractivity contribution in [2.24, 2.45) is 0 Å². The number of carbonyl (C=O) groups excluding carboxylic acids is 1. The largest absolute Gasteiger partial charge is 0.508 e. The fourth-order valence-electron chi connectivity index (χ4n) is 3.82. The third-order valence-electron chi connectivity index (χ3n) is 5.61. The van der Waals surface area contributed by atoms with Crippen LogP contribution in [0.3, 0.4) is 0 Å². The fraction of sp³-hybridized carbons (Fsp3) is 0.296. The van der Waals surface area contributed by atoms with Crippen molar-refractivity contribution in [3.8, 4) is 5.75 Å². The molecule has 0 saturated heterocycles.